The summed E-state index contributed by atoms with van der Waals surface area (Å²) in [6.45, 7) is 2.25. The molecule has 1 heteroatoms. The molecule has 1 atom stereocenters. The quantitative estimate of drug-likeness (QED) is 0.766. The van der Waals surface area contributed by atoms with Crippen LogP contribution in [-0.4, -0.2) is 6.04 Å². The third-order valence-corrected chi connectivity index (χ3v) is 3.15. The molecule has 1 aliphatic rings. The van der Waals surface area contributed by atoms with Gasteiger partial charge in [0.05, 0.1) is 0 Å². The van der Waals surface area contributed by atoms with Crippen molar-refractivity contribution in [2.24, 2.45) is 0 Å². The van der Waals surface area contributed by atoms with Crippen LogP contribution in [0.25, 0.3) is 0 Å². The molecule has 1 unspecified atom stereocenters. The van der Waals surface area contributed by atoms with Gasteiger partial charge in [-0.15, -0.1) is 0 Å². The number of nitrogens with one attached hydrogen (secondary N) is 1. The van der Waals surface area contributed by atoms with Gasteiger partial charge >= 0.3 is 0 Å². The smallest absolute Gasteiger partial charge is 0.0320 e. The van der Waals surface area contributed by atoms with Gasteiger partial charge in [0.2, 0.25) is 0 Å². The van der Waals surface area contributed by atoms with Crippen molar-refractivity contribution >= 4 is 0 Å². The van der Waals surface area contributed by atoms with E-state index in [-0.39, 0.29) is 0 Å². The molecule has 0 spiro atoms. The van der Waals surface area contributed by atoms with E-state index in [0.717, 1.165) is 6.04 Å². The Labute approximate surface area is 86.5 Å². The van der Waals surface area contributed by atoms with Crippen molar-refractivity contribution in [3.63, 3.8) is 0 Å². The Balaban J connectivity index is 1.98. The van der Waals surface area contributed by atoms with E-state index >= 15 is 0 Å². The number of hydrogen-bond acceptors (Lipinski definition) is 1. The first-order valence-electron chi connectivity index (χ1n) is 5.71. The highest BCUT2D eigenvalue weighted by molar-refractivity contribution is 5.18. The van der Waals surface area contributed by atoms with Gasteiger partial charge in [0.1, 0.15) is 0 Å². The molecule has 0 amide bonds. The van der Waals surface area contributed by atoms with Gasteiger partial charge in [-0.2, -0.15) is 0 Å². The Bertz CT molecular complexity index is 264. The summed E-state index contributed by atoms with van der Waals surface area (Å²) in [5.74, 6) is 0. The monoisotopic (exact) mass is 189 g/mol. The van der Waals surface area contributed by atoms with E-state index in [4.69, 9.17) is 0 Å². The van der Waals surface area contributed by atoms with Crippen molar-refractivity contribution in [2.45, 2.75) is 44.7 Å². The summed E-state index contributed by atoms with van der Waals surface area (Å²) in [7, 11) is 0. The molecule has 76 valence electrons. The predicted octanol–water partition coefficient (Wildman–Crippen LogP) is 3.28. The van der Waals surface area contributed by atoms with Crippen LogP contribution in [0, 0.1) is 0 Å². The van der Waals surface area contributed by atoms with Crippen LogP contribution in [0.1, 0.15) is 44.2 Å². The highest BCUT2D eigenvalue weighted by Crippen LogP contribution is 2.24. The van der Waals surface area contributed by atoms with Gasteiger partial charge in [0.25, 0.3) is 0 Å². The summed E-state index contributed by atoms with van der Waals surface area (Å²) < 4.78 is 0. The second-order valence-electron chi connectivity index (χ2n) is 4.17. The average molecular weight is 189 g/mol. The van der Waals surface area contributed by atoms with E-state index in [1.807, 2.05) is 0 Å². The molecule has 1 aliphatic carbocycles. The number of benzene rings is 1. The lowest BCUT2D eigenvalue weighted by Gasteiger charge is -2.31. The molecule has 0 heterocycles. The van der Waals surface area contributed by atoms with E-state index in [9.17, 15) is 0 Å². The van der Waals surface area contributed by atoms with Gasteiger partial charge in [-0.25, -0.2) is 0 Å². The Morgan fingerprint density at radius 1 is 1.29 bits per heavy atom. The fourth-order valence-electron chi connectivity index (χ4n) is 1.99. The van der Waals surface area contributed by atoms with E-state index in [1.165, 1.54) is 31.2 Å². The maximum Gasteiger partial charge on any atom is 0.0320 e. The summed E-state index contributed by atoms with van der Waals surface area (Å²) in [4.78, 5) is 0. The van der Waals surface area contributed by atoms with E-state index in [1.54, 1.807) is 0 Å². The Kier molecular flexibility index (Phi) is 3.20. The summed E-state index contributed by atoms with van der Waals surface area (Å²) in [6.07, 6.45) is 5.32. The van der Waals surface area contributed by atoms with Crippen molar-refractivity contribution < 1.29 is 0 Å². The van der Waals surface area contributed by atoms with Crippen LogP contribution in [-0.2, 0) is 0 Å². The molecular formula is C13H19N. The average Bonchev–Trinajstić information content (AvgIpc) is 2.18. The summed E-state index contributed by atoms with van der Waals surface area (Å²) >= 11 is 0. The molecule has 1 nitrogen and oxygen atoms in total. The molecule has 14 heavy (non-hydrogen) atoms. The zero-order chi connectivity index (χ0) is 9.80. The molecule has 0 saturated heterocycles. The molecule has 1 fully saturated rings. The zero-order valence-electron chi connectivity index (χ0n) is 8.87. The van der Waals surface area contributed by atoms with Crippen LogP contribution in [0.2, 0.25) is 0 Å². The van der Waals surface area contributed by atoms with Gasteiger partial charge in [0, 0.05) is 12.1 Å². The lowest BCUT2D eigenvalue weighted by Crippen LogP contribution is -2.37. The van der Waals surface area contributed by atoms with Crippen LogP contribution in [0.5, 0.6) is 0 Å². The summed E-state index contributed by atoms with van der Waals surface area (Å²) in [5.41, 5.74) is 1.43. The predicted molar refractivity (Wildman–Crippen MR) is 60.2 cm³/mol. The molecular weight excluding hydrogens is 170 g/mol. The largest absolute Gasteiger partial charge is 0.307 e. The summed E-state index contributed by atoms with van der Waals surface area (Å²) in [6, 6.07) is 12.1. The van der Waals surface area contributed by atoms with Crippen molar-refractivity contribution in [1.82, 2.24) is 5.32 Å². The minimum atomic E-state index is 0.557. The van der Waals surface area contributed by atoms with Gasteiger partial charge in [-0.3, -0.25) is 0 Å². The van der Waals surface area contributed by atoms with Gasteiger partial charge in [0.15, 0.2) is 0 Å². The maximum absolute atomic E-state index is 3.72. The highest BCUT2D eigenvalue weighted by atomic mass is 15.0. The molecule has 2 rings (SSSR count). The lowest BCUT2D eigenvalue weighted by molar-refractivity contribution is 0.302. The first-order chi connectivity index (χ1) is 6.90. The van der Waals surface area contributed by atoms with Crippen molar-refractivity contribution in [3.05, 3.63) is 35.9 Å². The zero-order valence-corrected chi connectivity index (χ0v) is 8.87. The minimum Gasteiger partial charge on any atom is -0.307 e. The Hall–Kier alpha value is -0.820. The van der Waals surface area contributed by atoms with Crippen LogP contribution in [0.15, 0.2) is 30.3 Å². The Morgan fingerprint density at radius 2 is 2.00 bits per heavy atom. The molecule has 0 bridgehead atoms. The third-order valence-electron chi connectivity index (χ3n) is 3.15. The van der Waals surface area contributed by atoms with E-state index in [0.29, 0.717) is 6.04 Å². The molecule has 0 aromatic heterocycles. The van der Waals surface area contributed by atoms with Crippen molar-refractivity contribution in [2.75, 3.05) is 0 Å². The van der Waals surface area contributed by atoms with Crippen LogP contribution in [0.3, 0.4) is 0 Å². The SMILES string of the molecule is CCC(NC1CCC1)c1ccccc1. The lowest BCUT2D eigenvalue weighted by atomic mass is 9.91. The first-order valence-corrected chi connectivity index (χ1v) is 5.71. The van der Waals surface area contributed by atoms with Gasteiger partial charge in [-0.05, 0) is 24.8 Å². The standard InChI is InChI=1S/C13H19N/c1-2-13(14-12-9-6-10-12)11-7-4-3-5-8-11/h3-5,7-8,12-14H,2,6,9-10H2,1H3. The number of hydrogen-bond donors (Lipinski definition) is 1. The van der Waals surface area contributed by atoms with Crippen LogP contribution >= 0.6 is 0 Å². The van der Waals surface area contributed by atoms with Crippen molar-refractivity contribution in [1.29, 1.82) is 0 Å². The second kappa shape index (κ2) is 4.61. The van der Waals surface area contributed by atoms with E-state index in [2.05, 4.69) is 42.6 Å². The molecule has 0 radical (unpaired) electrons. The van der Waals surface area contributed by atoms with Crippen molar-refractivity contribution in [3.8, 4) is 0 Å². The van der Waals surface area contributed by atoms with Crippen LogP contribution < -0.4 is 5.32 Å². The highest BCUT2D eigenvalue weighted by Gasteiger charge is 2.20. The topological polar surface area (TPSA) is 12.0 Å². The third kappa shape index (κ3) is 2.16. The fraction of sp³-hybridized carbons (Fsp3) is 0.538. The normalized spacial score (nSPS) is 18.9. The molecule has 1 N–H and O–H groups in total. The minimum absolute atomic E-state index is 0.557. The molecule has 1 saturated carbocycles. The number of rotatable bonds is 4. The van der Waals surface area contributed by atoms with Crippen LogP contribution in [0.4, 0.5) is 0 Å². The van der Waals surface area contributed by atoms with Gasteiger partial charge in [-0.1, -0.05) is 43.7 Å². The summed E-state index contributed by atoms with van der Waals surface area (Å²) in [5, 5.41) is 3.72. The molecule has 0 aliphatic heterocycles. The molecule has 1 aromatic rings. The maximum atomic E-state index is 3.72. The first kappa shape index (κ1) is 9.72. The van der Waals surface area contributed by atoms with E-state index < -0.39 is 0 Å². The second-order valence-corrected chi connectivity index (χ2v) is 4.17. The Morgan fingerprint density at radius 3 is 2.50 bits per heavy atom. The molecule has 1 aromatic carbocycles. The fourth-order valence-corrected chi connectivity index (χ4v) is 1.99. The van der Waals surface area contributed by atoms with Gasteiger partial charge < -0.3 is 5.32 Å².